The monoisotopic (exact) mass is 232 g/mol. The first-order chi connectivity index (χ1) is 7.92. The number of nitrogens with one attached hydrogen (secondary N) is 1. The van der Waals surface area contributed by atoms with E-state index in [0.29, 0.717) is 11.1 Å². The lowest BCUT2D eigenvalue weighted by Crippen LogP contribution is -2.40. The number of hydrogen-bond acceptors (Lipinski definition) is 3. The van der Waals surface area contributed by atoms with Crippen molar-refractivity contribution in [3.05, 3.63) is 29.6 Å². The van der Waals surface area contributed by atoms with E-state index < -0.39 is 0 Å². The predicted octanol–water partition coefficient (Wildman–Crippen LogP) is 0.954. The van der Waals surface area contributed by atoms with Crippen molar-refractivity contribution < 1.29 is 9.90 Å². The first-order valence-corrected chi connectivity index (χ1v) is 5.30. The zero-order valence-electron chi connectivity index (χ0n) is 10.2. The lowest BCUT2D eigenvalue weighted by Gasteiger charge is -2.20. The Balaban J connectivity index is 2.88. The normalized spacial score (nSPS) is 10.4. The first kappa shape index (κ1) is 13.2. The van der Waals surface area contributed by atoms with E-state index >= 15 is 0 Å². The van der Waals surface area contributed by atoms with E-state index in [-0.39, 0.29) is 18.1 Å². The number of hydrogen-bond donors (Lipinski definition) is 2. The van der Waals surface area contributed by atoms with Gasteiger partial charge in [0.1, 0.15) is 6.61 Å². The third kappa shape index (κ3) is 4.66. The SMILES string of the molecule is CC(C)(C)NC(=O)c1cncc(C#CCO)c1. The van der Waals surface area contributed by atoms with Gasteiger partial charge in [0.2, 0.25) is 0 Å². The van der Waals surface area contributed by atoms with Gasteiger partial charge in [0.15, 0.2) is 0 Å². The molecule has 1 amide bonds. The number of amides is 1. The number of carbonyl (C=O) groups is 1. The molecule has 17 heavy (non-hydrogen) atoms. The number of rotatable bonds is 1. The molecule has 0 saturated carbocycles. The molecule has 0 aliphatic carbocycles. The Morgan fingerprint density at radius 1 is 1.47 bits per heavy atom. The molecule has 2 N–H and O–H groups in total. The largest absolute Gasteiger partial charge is 0.384 e. The fourth-order valence-electron chi connectivity index (χ4n) is 1.19. The summed E-state index contributed by atoms with van der Waals surface area (Å²) < 4.78 is 0. The zero-order valence-corrected chi connectivity index (χ0v) is 10.2. The van der Waals surface area contributed by atoms with Gasteiger partial charge < -0.3 is 10.4 Å². The van der Waals surface area contributed by atoms with Crippen molar-refractivity contribution in [1.82, 2.24) is 10.3 Å². The van der Waals surface area contributed by atoms with Gasteiger partial charge >= 0.3 is 0 Å². The summed E-state index contributed by atoms with van der Waals surface area (Å²) >= 11 is 0. The second-order valence-electron chi connectivity index (χ2n) is 4.63. The molecular weight excluding hydrogens is 216 g/mol. The third-order valence-corrected chi connectivity index (χ3v) is 1.80. The molecule has 0 aliphatic rings. The van der Waals surface area contributed by atoms with Crippen LogP contribution in [-0.2, 0) is 0 Å². The maximum atomic E-state index is 11.8. The van der Waals surface area contributed by atoms with Crippen LogP contribution in [0.5, 0.6) is 0 Å². The van der Waals surface area contributed by atoms with Crippen LogP contribution in [-0.4, -0.2) is 28.1 Å². The summed E-state index contributed by atoms with van der Waals surface area (Å²) in [6.07, 6.45) is 3.04. The molecule has 0 fully saturated rings. The lowest BCUT2D eigenvalue weighted by molar-refractivity contribution is 0.0919. The molecule has 1 rings (SSSR count). The van der Waals surface area contributed by atoms with Crippen LogP contribution < -0.4 is 5.32 Å². The molecule has 1 heterocycles. The molecule has 0 aliphatic heterocycles. The topological polar surface area (TPSA) is 62.2 Å². The van der Waals surface area contributed by atoms with Gasteiger partial charge in [-0.3, -0.25) is 9.78 Å². The van der Waals surface area contributed by atoms with E-state index in [4.69, 9.17) is 5.11 Å². The van der Waals surface area contributed by atoms with Crippen LogP contribution in [0.1, 0.15) is 36.7 Å². The molecule has 4 heteroatoms. The van der Waals surface area contributed by atoms with Gasteiger partial charge in [-0.15, -0.1) is 0 Å². The fourth-order valence-corrected chi connectivity index (χ4v) is 1.19. The van der Waals surface area contributed by atoms with Gasteiger partial charge in [-0.25, -0.2) is 0 Å². The Labute approximate surface area is 101 Å². The molecule has 0 aromatic carbocycles. The van der Waals surface area contributed by atoms with Crippen molar-refractivity contribution in [2.75, 3.05) is 6.61 Å². The first-order valence-electron chi connectivity index (χ1n) is 5.30. The van der Waals surface area contributed by atoms with Crippen LogP contribution in [0.25, 0.3) is 0 Å². The van der Waals surface area contributed by atoms with Crippen LogP contribution in [0, 0.1) is 11.8 Å². The standard InChI is InChI=1S/C13H16N2O2/c1-13(2,3)15-12(17)11-7-10(5-4-6-16)8-14-9-11/h7-9,16H,6H2,1-3H3,(H,15,17). The molecular formula is C13H16N2O2. The van der Waals surface area contributed by atoms with Crippen LogP contribution in [0.2, 0.25) is 0 Å². The van der Waals surface area contributed by atoms with Crippen molar-refractivity contribution >= 4 is 5.91 Å². The van der Waals surface area contributed by atoms with Gasteiger partial charge in [-0.2, -0.15) is 0 Å². The average Bonchev–Trinajstić information content (AvgIpc) is 2.24. The summed E-state index contributed by atoms with van der Waals surface area (Å²) in [5.41, 5.74) is 0.786. The van der Waals surface area contributed by atoms with Gasteiger partial charge in [-0.1, -0.05) is 11.8 Å². The quantitative estimate of drug-likeness (QED) is 0.709. The molecule has 90 valence electrons. The number of nitrogens with zero attached hydrogens (tertiary/aromatic N) is 1. The van der Waals surface area contributed by atoms with Crippen LogP contribution in [0.4, 0.5) is 0 Å². The van der Waals surface area contributed by atoms with E-state index in [2.05, 4.69) is 22.1 Å². The summed E-state index contributed by atoms with van der Waals surface area (Å²) in [6, 6.07) is 1.65. The van der Waals surface area contributed by atoms with Gasteiger partial charge in [-0.05, 0) is 26.8 Å². The Bertz CT molecular complexity index is 464. The molecule has 0 bridgehead atoms. The average molecular weight is 232 g/mol. The van der Waals surface area contributed by atoms with E-state index in [1.54, 1.807) is 12.3 Å². The van der Waals surface area contributed by atoms with E-state index in [1.807, 2.05) is 20.8 Å². The third-order valence-electron chi connectivity index (χ3n) is 1.80. The molecule has 1 aromatic heterocycles. The molecule has 0 radical (unpaired) electrons. The Hall–Kier alpha value is -1.86. The molecule has 0 spiro atoms. The second-order valence-corrected chi connectivity index (χ2v) is 4.63. The minimum Gasteiger partial charge on any atom is -0.384 e. The summed E-state index contributed by atoms with van der Waals surface area (Å²) in [6.45, 7) is 5.52. The highest BCUT2D eigenvalue weighted by molar-refractivity contribution is 5.94. The second kappa shape index (κ2) is 5.46. The summed E-state index contributed by atoms with van der Waals surface area (Å²) in [4.78, 5) is 15.8. The van der Waals surface area contributed by atoms with Crippen LogP contribution in [0.15, 0.2) is 18.5 Å². The number of carbonyl (C=O) groups excluding carboxylic acids is 1. The number of aliphatic hydroxyl groups is 1. The van der Waals surface area contributed by atoms with Gasteiger partial charge in [0.05, 0.1) is 5.56 Å². The molecule has 0 unspecified atom stereocenters. The lowest BCUT2D eigenvalue weighted by atomic mass is 10.1. The Kier molecular flexibility index (Phi) is 4.24. The maximum absolute atomic E-state index is 11.8. The van der Waals surface area contributed by atoms with Crippen molar-refractivity contribution in [3.8, 4) is 11.8 Å². The predicted molar refractivity (Wildman–Crippen MR) is 65.4 cm³/mol. The minimum atomic E-state index is -0.288. The Morgan fingerprint density at radius 2 is 2.18 bits per heavy atom. The molecule has 1 aromatic rings. The summed E-state index contributed by atoms with van der Waals surface area (Å²) in [5, 5.41) is 11.4. The van der Waals surface area contributed by atoms with Crippen molar-refractivity contribution in [3.63, 3.8) is 0 Å². The van der Waals surface area contributed by atoms with Crippen LogP contribution in [0.3, 0.4) is 0 Å². The van der Waals surface area contributed by atoms with Crippen molar-refractivity contribution in [2.24, 2.45) is 0 Å². The number of pyridine rings is 1. The number of aromatic nitrogens is 1. The molecule has 4 nitrogen and oxygen atoms in total. The minimum absolute atomic E-state index is 0.183. The van der Waals surface area contributed by atoms with E-state index in [0.717, 1.165) is 0 Å². The zero-order chi connectivity index (χ0) is 12.9. The van der Waals surface area contributed by atoms with Crippen molar-refractivity contribution in [1.29, 1.82) is 0 Å². The summed E-state index contributed by atoms with van der Waals surface area (Å²) in [5.74, 6) is 5.04. The highest BCUT2D eigenvalue weighted by Gasteiger charge is 2.15. The maximum Gasteiger partial charge on any atom is 0.253 e. The number of aliphatic hydroxyl groups excluding tert-OH is 1. The van der Waals surface area contributed by atoms with E-state index in [1.165, 1.54) is 6.20 Å². The Morgan fingerprint density at radius 3 is 2.76 bits per heavy atom. The highest BCUT2D eigenvalue weighted by Crippen LogP contribution is 2.05. The molecule has 0 atom stereocenters. The van der Waals surface area contributed by atoms with E-state index in [9.17, 15) is 4.79 Å². The van der Waals surface area contributed by atoms with Gasteiger partial charge in [0.25, 0.3) is 5.91 Å². The molecule has 0 saturated heterocycles. The summed E-state index contributed by atoms with van der Waals surface area (Å²) in [7, 11) is 0. The fraction of sp³-hybridized carbons (Fsp3) is 0.385. The van der Waals surface area contributed by atoms with Crippen LogP contribution >= 0.6 is 0 Å². The van der Waals surface area contributed by atoms with Crippen molar-refractivity contribution in [2.45, 2.75) is 26.3 Å². The smallest absolute Gasteiger partial charge is 0.253 e. The van der Waals surface area contributed by atoms with Gasteiger partial charge in [0, 0.05) is 23.5 Å². The highest BCUT2D eigenvalue weighted by atomic mass is 16.2.